The summed E-state index contributed by atoms with van der Waals surface area (Å²) in [6.45, 7) is 0. The highest BCUT2D eigenvalue weighted by Gasteiger charge is 2.21. The summed E-state index contributed by atoms with van der Waals surface area (Å²) in [5.41, 5.74) is 8.03. The molecule has 2 aromatic rings. The van der Waals surface area contributed by atoms with E-state index >= 15 is 0 Å². The van der Waals surface area contributed by atoms with Crippen LogP contribution < -0.4 is 5.73 Å². The van der Waals surface area contributed by atoms with Crippen LogP contribution in [-0.2, 0) is 0 Å². The van der Waals surface area contributed by atoms with Crippen LogP contribution in [0.4, 0.5) is 5.82 Å². The Morgan fingerprint density at radius 3 is 2.88 bits per heavy atom. The quantitative estimate of drug-likeness (QED) is 0.806. The van der Waals surface area contributed by atoms with Crippen LogP contribution in [0.3, 0.4) is 0 Å². The van der Waals surface area contributed by atoms with Crippen LogP contribution in [0.1, 0.15) is 42.9 Å². The maximum absolute atomic E-state index is 8.89. The van der Waals surface area contributed by atoms with E-state index in [1.165, 1.54) is 31.9 Å². The molecule has 1 saturated carbocycles. The molecule has 0 saturated heterocycles. The number of anilines is 1. The van der Waals surface area contributed by atoms with Crippen molar-refractivity contribution >= 4 is 11.5 Å². The van der Waals surface area contributed by atoms with Gasteiger partial charge in [-0.2, -0.15) is 14.9 Å². The molecule has 5 heteroatoms. The molecule has 0 bridgehead atoms. The first kappa shape index (κ1) is 10.1. The number of aromatic nitrogens is 3. The summed E-state index contributed by atoms with van der Waals surface area (Å²) < 4.78 is 1.58. The van der Waals surface area contributed by atoms with Crippen LogP contribution in [0, 0.1) is 11.3 Å². The molecular weight excluding hydrogens is 214 g/mol. The molecule has 86 valence electrons. The van der Waals surface area contributed by atoms with Crippen molar-refractivity contribution in [2.45, 2.75) is 31.6 Å². The van der Waals surface area contributed by atoms with Gasteiger partial charge in [-0.1, -0.05) is 12.8 Å². The lowest BCUT2D eigenvalue weighted by Crippen LogP contribution is -2.03. The zero-order valence-corrected chi connectivity index (χ0v) is 9.43. The minimum absolute atomic E-state index is 0.374. The molecule has 2 aromatic heterocycles. The fourth-order valence-electron chi connectivity index (χ4n) is 2.48. The predicted molar refractivity (Wildman–Crippen MR) is 63.3 cm³/mol. The number of nitriles is 1. The summed E-state index contributed by atoms with van der Waals surface area (Å²) in [5, 5.41) is 13.4. The second-order valence-corrected chi connectivity index (χ2v) is 4.49. The highest BCUT2D eigenvalue weighted by Crippen LogP contribution is 2.33. The van der Waals surface area contributed by atoms with Crippen molar-refractivity contribution < 1.29 is 0 Å². The summed E-state index contributed by atoms with van der Waals surface area (Å²) in [6.07, 6.45) is 6.42. The standard InChI is InChI=1S/C12H13N5/c13-6-9-7-15-11-5-10(8-3-1-2-4-8)16-17(11)12(9)14/h5,7-8H,1-4,14H2. The molecule has 0 unspecified atom stereocenters. The molecule has 1 aliphatic rings. The fourth-order valence-corrected chi connectivity index (χ4v) is 2.48. The Labute approximate surface area is 98.9 Å². The monoisotopic (exact) mass is 227 g/mol. The Hall–Kier alpha value is -2.09. The van der Waals surface area contributed by atoms with Crippen LogP contribution >= 0.6 is 0 Å². The summed E-state index contributed by atoms with van der Waals surface area (Å²) in [7, 11) is 0. The van der Waals surface area contributed by atoms with E-state index in [9.17, 15) is 0 Å². The molecule has 17 heavy (non-hydrogen) atoms. The number of hydrogen-bond donors (Lipinski definition) is 1. The van der Waals surface area contributed by atoms with Gasteiger partial charge in [-0.25, -0.2) is 4.98 Å². The second-order valence-electron chi connectivity index (χ2n) is 4.49. The van der Waals surface area contributed by atoms with Crippen molar-refractivity contribution in [2.24, 2.45) is 0 Å². The molecule has 0 radical (unpaired) electrons. The number of nitrogens with zero attached hydrogens (tertiary/aromatic N) is 4. The highest BCUT2D eigenvalue weighted by molar-refractivity contribution is 5.55. The Kier molecular flexibility index (Phi) is 2.22. The predicted octanol–water partition coefficient (Wildman–Crippen LogP) is 1.84. The van der Waals surface area contributed by atoms with Crippen molar-refractivity contribution in [3.05, 3.63) is 23.5 Å². The number of nitrogen functional groups attached to an aromatic ring is 1. The van der Waals surface area contributed by atoms with E-state index in [2.05, 4.69) is 10.1 Å². The van der Waals surface area contributed by atoms with E-state index < -0.39 is 0 Å². The van der Waals surface area contributed by atoms with E-state index in [-0.39, 0.29) is 0 Å². The summed E-state index contributed by atoms with van der Waals surface area (Å²) >= 11 is 0. The third-order valence-corrected chi connectivity index (χ3v) is 3.43. The van der Waals surface area contributed by atoms with Crippen molar-refractivity contribution in [1.82, 2.24) is 14.6 Å². The Morgan fingerprint density at radius 2 is 2.18 bits per heavy atom. The molecule has 2 N–H and O–H groups in total. The van der Waals surface area contributed by atoms with Crippen molar-refractivity contribution in [2.75, 3.05) is 5.73 Å². The first-order chi connectivity index (χ1) is 8.29. The number of fused-ring (bicyclic) bond motifs is 1. The Bertz CT molecular complexity index is 601. The van der Waals surface area contributed by atoms with Gasteiger partial charge in [0.2, 0.25) is 0 Å². The van der Waals surface area contributed by atoms with E-state index in [0.29, 0.717) is 17.3 Å². The average molecular weight is 227 g/mol. The molecule has 0 amide bonds. The molecule has 1 fully saturated rings. The molecular formula is C12H13N5. The van der Waals surface area contributed by atoms with Gasteiger partial charge in [-0.3, -0.25) is 0 Å². The van der Waals surface area contributed by atoms with Crippen molar-refractivity contribution in [3.63, 3.8) is 0 Å². The molecule has 0 aromatic carbocycles. The molecule has 0 aliphatic heterocycles. The lowest BCUT2D eigenvalue weighted by atomic mass is 10.1. The third kappa shape index (κ3) is 1.53. The van der Waals surface area contributed by atoms with Gasteiger partial charge in [0, 0.05) is 12.0 Å². The zero-order chi connectivity index (χ0) is 11.8. The van der Waals surface area contributed by atoms with Gasteiger partial charge in [0.05, 0.1) is 11.9 Å². The van der Waals surface area contributed by atoms with Crippen molar-refractivity contribution in [1.29, 1.82) is 5.26 Å². The average Bonchev–Trinajstić information content (AvgIpc) is 2.98. The molecule has 2 heterocycles. The number of rotatable bonds is 1. The second kappa shape index (κ2) is 3.74. The van der Waals surface area contributed by atoms with Crippen LogP contribution in [0.5, 0.6) is 0 Å². The number of nitrogens with two attached hydrogens (primary N) is 1. The largest absolute Gasteiger partial charge is 0.382 e. The maximum atomic E-state index is 8.89. The SMILES string of the molecule is N#Cc1cnc2cc(C3CCCC3)nn2c1N. The summed E-state index contributed by atoms with van der Waals surface area (Å²) in [4.78, 5) is 4.20. The smallest absolute Gasteiger partial charge is 0.157 e. The maximum Gasteiger partial charge on any atom is 0.157 e. The number of hydrogen-bond acceptors (Lipinski definition) is 4. The van der Waals surface area contributed by atoms with E-state index in [4.69, 9.17) is 11.0 Å². The first-order valence-corrected chi connectivity index (χ1v) is 5.84. The van der Waals surface area contributed by atoms with Crippen LogP contribution in [-0.4, -0.2) is 14.6 Å². The summed E-state index contributed by atoms with van der Waals surface area (Å²) in [5.74, 6) is 0.906. The Morgan fingerprint density at radius 1 is 1.41 bits per heavy atom. The lowest BCUT2D eigenvalue weighted by molar-refractivity contribution is 0.685. The van der Waals surface area contributed by atoms with Gasteiger partial charge in [0.25, 0.3) is 0 Å². The fraction of sp³-hybridized carbons (Fsp3) is 0.417. The summed E-state index contributed by atoms with van der Waals surface area (Å²) in [6, 6.07) is 4.00. The minimum Gasteiger partial charge on any atom is -0.382 e. The van der Waals surface area contributed by atoms with Crippen LogP contribution in [0.2, 0.25) is 0 Å². The minimum atomic E-state index is 0.374. The highest BCUT2D eigenvalue weighted by atomic mass is 15.3. The first-order valence-electron chi connectivity index (χ1n) is 5.84. The molecule has 3 rings (SSSR count). The van der Waals surface area contributed by atoms with Gasteiger partial charge in [0.15, 0.2) is 5.65 Å². The van der Waals surface area contributed by atoms with Gasteiger partial charge in [-0.05, 0) is 12.8 Å². The molecule has 0 atom stereocenters. The van der Waals surface area contributed by atoms with E-state index in [1.807, 2.05) is 12.1 Å². The molecule has 5 nitrogen and oxygen atoms in total. The lowest BCUT2D eigenvalue weighted by Gasteiger charge is -2.02. The van der Waals surface area contributed by atoms with Crippen LogP contribution in [0.25, 0.3) is 5.65 Å². The van der Waals surface area contributed by atoms with Gasteiger partial charge in [-0.15, -0.1) is 0 Å². The zero-order valence-electron chi connectivity index (χ0n) is 9.43. The van der Waals surface area contributed by atoms with E-state index in [0.717, 1.165) is 11.3 Å². The third-order valence-electron chi connectivity index (χ3n) is 3.43. The van der Waals surface area contributed by atoms with Gasteiger partial charge >= 0.3 is 0 Å². The molecule has 1 aliphatic carbocycles. The normalized spacial score (nSPS) is 16.4. The van der Waals surface area contributed by atoms with Gasteiger partial charge in [0.1, 0.15) is 17.5 Å². The van der Waals surface area contributed by atoms with Crippen molar-refractivity contribution in [3.8, 4) is 6.07 Å². The van der Waals surface area contributed by atoms with Gasteiger partial charge < -0.3 is 5.73 Å². The topological polar surface area (TPSA) is 80.0 Å². The molecule has 0 spiro atoms. The Balaban J connectivity index is 2.12. The van der Waals surface area contributed by atoms with E-state index in [1.54, 1.807) is 4.52 Å². The van der Waals surface area contributed by atoms with Crippen LogP contribution in [0.15, 0.2) is 12.3 Å².